The minimum Gasteiger partial charge on any atom is -0.392 e. The lowest BCUT2D eigenvalue weighted by Crippen LogP contribution is -2.27. The van der Waals surface area contributed by atoms with Gasteiger partial charge in [0.1, 0.15) is 0 Å². The zero-order valence-electron chi connectivity index (χ0n) is 13.1. The molecule has 2 aromatic rings. The van der Waals surface area contributed by atoms with Crippen LogP contribution in [0.5, 0.6) is 0 Å². The number of aryl methyl sites for hydroxylation is 2. The van der Waals surface area contributed by atoms with E-state index in [-0.39, 0.29) is 6.10 Å². The zero-order valence-corrected chi connectivity index (χ0v) is 13.1. The van der Waals surface area contributed by atoms with Crippen LogP contribution in [0.2, 0.25) is 0 Å². The Kier molecular flexibility index (Phi) is 4.27. The Bertz CT molecular complexity index is 633. The highest BCUT2D eigenvalue weighted by atomic mass is 16.3. The highest BCUT2D eigenvalue weighted by Gasteiger charge is 2.16. The van der Waals surface area contributed by atoms with E-state index < -0.39 is 0 Å². The van der Waals surface area contributed by atoms with Crippen LogP contribution in [0.1, 0.15) is 36.5 Å². The average Bonchev–Trinajstić information content (AvgIpc) is 2.46. The van der Waals surface area contributed by atoms with Crippen LogP contribution in [0.25, 0.3) is 10.8 Å². The van der Waals surface area contributed by atoms with Gasteiger partial charge in [0.25, 0.3) is 0 Å². The van der Waals surface area contributed by atoms with E-state index in [9.17, 15) is 5.11 Å². The predicted octanol–water partition coefficient (Wildman–Crippen LogP) is 3.53. The van der Waals surface area contributed by atoms with Crippen molar-refractivity contribution in [1.82, 2.24) is 4.90 Å². The van der Waals surface area contributed by atoms with Crippen LogP contribution in [-0.4, -0.2) is 29.7 Å². The van der Waals surface area contributed by atoms with Gasteiger partial charge in [-0.15, -0.1) is 0 Å². The maximum absolute atomic E-state index is 9.56. The van der Waals surface area contributed by atoms with E-state index in [2.05, 4.69) is 42.3 Å². The normalized spacial score (nSPS) is 16.2. The van der Waals surface area contributed by atoms with Gasteiger partial charge in [-0.2, -0.15) is 0 Å². The molecule has 2 heteroatoms. The number of likely N-dealkylation sites (N-methyl/N-ethyl adjacent to an activating group) is 1. The van der Waals surface area contributed by atoms with Crippen LogP contribution in [0.15, 0.2) is 30.3 Å². The molecule has 0 spiro atoms. The molecule has 1 aliphatic carbocycles. The van der Waals surface area contributed by atoms with E-state index in [4.69, 9.17) is 0 Å². The molecule has 0 fully saturated rings. The van der Waals surface area contributed by atoms with Crippen LogP contribution in [0.4, 0.5) is 0 Å². The first kappa shape index (κ1) is 14.6. The first-order chi connectivity index (χ1) is 10.1. The van der Waals surface area contributed by atoms with Gasteiger partial charge in [0.2, 0.25) is 0 Å². The summed E-state index contributed by atoms with van der Waals surface area (Å²) >= 11 is 0. The highest BCUT2D eigenvalue weighted by molar-refractivity contribution is 5.90. The SMILES string of the molecule is CC(O)CN(C)Cc1cc2c(c3ccccc13)CCCC2. The average molecular weight is 283 g/mol. The number of fused-ring (bicyclic) bond motifs is 3. The lowest BCUT2D eigenvalue weighted by molar-refractivity contribution is 0.138. The fraction of sp³-hybridized carbons (Fsp3) is 0.474. The topological polar surface area (TPSA) is 23.5 Å². The Morgan fingerprint density at radius 3 is 2.62 bits per heavy atom. The van der Waals surface area contributed by atoms with Crippen molar-refractivity contribution in [3.8, 4) is 0 Å². The monoisotopic (exact) mass is 283 g/mol. The van der Waals surface area contributed by atoms with Crippen molar-refractivity contribution in [3.05, 3.63) is 47.0 Å². The lowest BCUT2D eigenvalue weighted by Gasteiger charge is -2.23. The molecule has 0 bridgehead atoms. The molecule has 1 aliphatic rings. The molecule has 0 aliphatic heterocycles. The van der Waals surface area contributed by atoms with Gasteiger partial charge in [0.05, 0.1) is 6.10 Å². The molecule has 1 unspecified atom stereocenters. The molecule has 0 amide bonds. The number of rotatable bonds is 4. The molecule has 2 aromatic carbocycles. The smallest absolute Gasteiger partial charge is 0.0639 e. The van der Waals surface area contributed by atoms with Crippen molar-refractivity contribution in [2.24, 2.45) is 0 Å². The first-order valence-electron chi connectivity index (χ1n) is 8.04. The highest BCUT2D eigenvalue weighted by Crippen LogP contribution is 2.32. The Morgan fingerprint density at radius 2 is 1.86 bits per heavy atom. The molecule has 1 N–H and O–H groups in total. The van der Waals surface area contributed by atoms with Crippen molar-refractivity contribution in [2.45, 2.75) is 45.3 Å². The largest absolute Gasteiger partial charge is 0.392 e. The maximum Gasteiger partial charge on any atom is 0.0639 e. The van der Waals surface area contributed by atoms with Crippen LogP contribution in [-0.2, 0) is 19.4 Å². The second-order valence-electron chi connectivity index (χ2n) is 6.47. The van der Waals surface area contributed by atoms with Gasteiger partial charge in [-0.05, 0) is 67.1 Å². The van der Waals surface area contributed by atoms with Crippen molar-refractivity contribution in [3.63, 3.8) is 0 Å². The third-order valence-electron chi connectivity index (χ3n) is 4.47. The molecule has 112 valence electrons. The first-order valence-corrected chi connectivity index (χ1v) is 8.04. The van der Waals surface area contributed by atoms with Crippen LogP contribution < -0.4 is 0 Å². The molecule has 2 nitrogen and oxygen atoms in total. The third-order valence-corrected chi connectivity index (χ3v) is 4.47. The second-order valence-corrected chi connectivity index (χ2v) is 6.47. The third kappa shape index (κ3) is 3.12. The number of hydrogen-bond donors (Lipinski definition) is 1. The molecule has 3 rings (SSSR count). The van der Waals surface area contributed by atoms with E-state index in [1.165, 1.54) is 42.0 Å². The summed E-state index contributed by atoms with van der Waals surface area (Å²) in [5.74, 6) is 0. The second kappa shape index (κ2) is 6.17. The van der Waals surface area contributed by atoms with Crippen molar-refractivity contribution in [1.29, 1.82) is 0 Å². The Hall–Kier alpha value is -1.38. The summed E-state index contributed by atoms with van der Waals surface area (Å²) in [5, 5.41) is 12.4. The standard InChI is InChI=1S/C19H25NO/c1-14(21)12-20(2)13-16-11-15-7-3-4-8-17(15)19-10-6-5-9-18(16)19/h5-6,9-11,14,21H,3-4,7-8,12-13H2,1-2H3. The van der Waals surface area contributed by atoms with Crippen LogP contribution >= 0.6 is 0 Å². The molecule has 1 atom stereocenters. The number of aliphatic hydroxyl groups excluding tert-OH is 1. The van der Waals surface area contributed by atoms with Gasteiger partial charge in [-0.3, -0.25) is 4.90 Å². The van der Waals surface area contributed by atoms with Gasteiger partial charge < -0.3 is 5.11 Å². The molecule has 0 heterocycles. The number of hydrogen-bond acceptors (Lipinski definition) is 2. The van der Waals surface area contributed by atoms with E-state index in [0.29, 0.717) is 6.54 Å². The van der Waals surface area contributed by atoms with Crippen LogP contribution in [0, 0.1) is 0 Å². The summed E-state index contributed by atoms with van der Waals surface area (Å²) in [6, 6.07) is 11.2. The number of aliphatic hydroxyl groups is 1. The summed E-state index contributed by atoms with van der Waals surface area (Å²) in [6.45, 7) is 3.46. The van der Waals surface area contributed by atoms with E-state index in [1.807, 2.05) is 6.92 Å². The summed E-state index contributed by atoms with van der Waals surface area (Å²) in [7, 11) is 2.08. The molecular formula is C19H25NO. The van der Waals surface area contributed by atoms with Gasteiger partial charge in [-0.1, -0.05) is 30.3 Å². The van der Waals surface area contributed by atoms with Crippen molar-refractivity contribution in [2.75, 3.05) is 13.6 Å². The molecule has 21 heavy (non-hydrogen) atoms. The summed E-state index contributed by atoms with van der Waals surface area (Å²) in [5.41, 5.74) is 4.51. The fourth-order valence-corrected chi connectivity index (χ4v) is 3.65. The van der Waals surface area contributed by atoms with Gasteiger partial charge >= 0.3 is 0 Å². The molecule has 0 radical (unpaired) electrons. The number of benzene rings is 2. The summed E-state index contributed by atoms with van der Waals surface area (Å²) < 4.78 is 0. The predicted molar refractivity (Wildman–Crippen MR) is 88.6 cm³/mol. The van der Waals surface area contributed by atoms with Crippen LogP contribution in [0.3, 0.4) is 0 Å². The summed E-state index contributed by atoms with van der Waals surface area (Å²) in [6.07, 6.45) is 4.79. The summed E-state index contributed by atoms with van der Waals surface area (Å²) in [4.78, 5) is 2.21. The van der Waals surface area contributed by atoms with E-state index >= 15 is 0 Å². The minimum absolute atomic E-state index is 0.279. The quantitative estimate of drug-likeness (QED) is 0.928. The lowest BCUT2D eigenvalue weighted by atomic mass is 9.85. The molecule has 0 saturated heterocycles. The van der Waals surface area contributed by atoms with E-state index in [0.717, 1.165) is 6.54 Å². The van der Waals surface area contributed by atoms with Gasteiger partial charge in [0, 0.05) is 13.1 Å². The minimum atomic E-state index is -0.279. The van der Waals surface area contributed by atoms with Gasteiger partial charge in [-0.25, -0.2) is 0 Å². The molecular weight excluding hydrogens is 258 g/mol. The van der Waals surface area contributed by atoms with Crippen molar-refractivity contribution >= 4 is 10.8 Å². The van der Waals surface area contributed by atoms with Gasteiger partial charge in [0.15, 0.2) is 0 Å². The Labute approximate surface area is 127 Å². The molecule has 0 aromatic heterocycles. The Morgan fingerprint density at radius 1 is 1.14 bits per heavy atom. The fourth-order valence-electron chi connectivity index (χ4n) is 3.65. The van der Waals surface area contributed by atoms with E-state index in [1.54, 1.807) is 11.1 Å². The number of nitrogens with zero attached hydrogens (tertiary/aromatic N) is 1. The zero-order chi connectivity index (χ0) is 14.8. The maximum atomic E-state index is 9.56. The molecule has 0 saturated carbocycles. The van der Waals surface area contributed by atoms with Crippen molar-refractivity contribution < 1.29 is 5.11 Å². The Balaban J connectivity index is 2.02.